The van der Waals surface area contributed by atoms with E-state index in [1.807, 2.05) is 6.07 Å². The number of nitro benzene ring substituents is 1. The molecule has 2 aromatic heterocycles. The quantitative estimate of drug-likeness (QED) is 0.269. The monoisotopic (exact) mass is 435 g/mol. The van der Waals surface area contributed by atoms with Crippen LogP contribution in [0.5, 0.6) is 0 Å². The van der Waals surface area contributed by atoms with Crippen LogP contribution in [-0.2, 0) is 6.42 Å². The number of amides is 1. The third-order valence-electron chi connectivity index (χ3n) is 4.94. The molecule has 1 N–H and O–H groups in total. The van der Waals surface area contributed by atoms with E-state index in [2.05, 4.69) is 29.4 Å². The fourth-order valence-electron chi connectivity index (χ4n) is 3.32. The summed E-state index contributed by atoms with van der Waals surface area (Å²) in [6.45, 7) is 3.94. The van der Waals surface area contributed by atoms with Crippen molar-refractivity contribution >= 4 is 38.3 Å². The van der Waals surface area contributed by atoms with Crippen LogP contribution in [0.25, 0.3) is 21.5 Å². The molecule has 7 nitrogen and oxygen atoms in total. The maximum absolute atomic E-state index is 12.6. The standard InChI is InChI=1S/C23H21N3O4S/c1-3-4-5-15-7-9-17-21(13-15)31-23(24-17)25-22(27)20-11-10-19(30-20)16-8-6-14(2)12-18(16)26(28)29/h6-13H,3-5H2,1-2H3,(H,24,25,27). The van der Waals surface area contributed by atoms with Gasteiger partial charge in [-0.15, -0.1) is 0 Å². The van der Waals surface area contributed by atoms with E-state index in [9.17, 15) is 14.9 Å². The van der Waals surface area contributed by atoms with Crippen molar-refractivity contribution in [1.29, 1.82) is 0 Å². The number of nitrogens with zero attached hydrogens (tertiary/aromatic N) is 2. The average Bonchev–Trinajstić information content (AvgIpc) is 3.38. The number of nitro groups is 1. The van der Waals surface area contributed by atoms with Crippen molar-refractivity contribution in [2.24, 2.45) is 0 Å². The number of benzene rings is 2. The number of fused-ring (bicyclic) bond motifs is 1. The highest BCUT2D eigenvalue weighted by molar-refractivity contribution is 7.22. The van der Waals surface area contributed by atoms with E-state index in [-0.39, 0.29) is 17.2 Å². The molecule has 4 rings (SSSR count). The zero-order valence-corrected chi connectivity index (χ0v) is 18.0. The van der Waals surface area contributed by atoms with Gasteiger partial charge in [0.05, 0.1) is 20.7 Å². The highest BCUT2D eigenvalue weighted by Crippen LogP contribution is 2.33. The van der Waals surface area contributed by atoms with E-state index in [0.717, 1.165) is 35.0 Å². The molecule has 0 spiro atoms. The fraction of sp³-hybridized carbons (Fsp3) is 0.217. The van der Waals surface area contributed by atoms with Gasteiger partial charge in [-0.1, -0.05) is 36.8 Å². The molecule has 0 saturated heterocycles. The van der Waals surface area contributed by atoms with Crippen LogP contribution >= 0.6 is 11.3 Å². The van der Waals surface area contributed by atoms with Gasteiger partial charge >= 0.3 is 0 Å². The summed E-state index contributed by atoms with van der Waals surface area (Å²) in [7, 11) is 0. The van der Waals surface area contributed by atoms with Gasteiger partial charge in [-0.2, -0.15) is 0 Å². The lowest BCUT2D eigenvalue weighted by molar-refractivity contribution is -0.384. The van der Waals surface area contributed by atoms with E-state index >= 15 is 0 Å². The van der Waals surface area contributed by atoms with Crippen LogP contribution < -0.4 is 5.32 Å². The number of hydrogen-bond donors (Lipinski definition) is 1. The molecule has 0 aliphatic heterocycles. The minimum absolute atomic E-state index is 0.0627. The Kier molecular flexibility index (Phi) is 5.81. The summed E-state index contributed by atoms with van der Waals surface area (Å²) < 4.78 is 6.65. The number of furan rings is 1. The van der Waals surface area contributed by atoms with Gasteiger partial charge in [0.2, 0.25) is 0 Å². The highest BCUT2D eigenvalue weighted by Gasteiger charge is 2.20. The lowest BCUT2D eigenvalue weighted by atomic mass is 10.1. The molecule has 0 aliphatic carbocycles. The topological polar surface area (TPSA) is 98.3 Å². The molecule has 0 aliphatic rings. The van der Waals surface area contributed by atoms with Gasteiger partial charge in [-0.3, -0.25) is 20.2 Å². The Hall–Kier alpha value is -3.52. The molecule has 0 saturated carbocycles. The first-order valence-electron chi connectivity index (χ1n) is 10.0. The molecule has 8 heteroatoms. The molecule has 158 valence electrons. The predicted molar refractivity (Wildman–Crippen MR) is 122 cm³/mol. The normalized spacial score (nSPS) is 11.0. The second-order valence-corrected chi connectivity index (χ2v) is 8.35. The van der Waals surface area contributed by atoms with Crippen molar-refractivity contribution < 1.29 is 14.1 Å². The maximum atomic E-state index is 12.6. The second-order valence-electron chi connectivity index (χ2n) is 7.32. The first kappa shape index (κ1) is 20.7. The Morgan fingerprint density at radius 3 is 2.81 bits per heavy atom. The molecule has 0 bridgehead atoms. The van der Waals surface area contributed by atoms with Crippen molar-refractivity contribution in [3.63, 3.8) is 0 Å². The van der Waals surface area contributed by atoms with Crippen LogP contribution in [0, 0.1) is 17.0 Å². The lowest BCUT2D eigenvalue weighted by Gasteiger charge is -2.01. The predicted octanol–water partition coefficient (Wildman–Crippen LogP) is 6.37. The summed E-state index contributed by atoms with van der Waals surface area (Å²) in [6.07, 6.45) is 3.29. The van der Waals surface area contributed by atoms with E-state index in [1.165, 1.54) is 29.0 Å². The van der Waals surface area contributed by atoms with Gasteiger partial charge in [0, 0.05) is 6.07 Å². The Morgan fingerprint density at radius 1 is 1.19 bits per heavy atom. The average molecular weight is 436 g/mol. The van der Waals surface area contributed by atoms with Crippen molar-refractivity contribution in [3.05, 3.63) is 75.5 Å². The molecule has 2 heterocycles. The zero-order valence-electron chi connectivity index (χ0n) is 17.2. The van der Waals surface area contributed by atoms with Crippen LogP contribution in [0.2, 0.25) is 0 Å². The van der Waals surface area contributed by atoms with Gasteiger partial charge in [-0.25, -0.2) is 4.98 Å². The summed E-state index contributed by atoms with van der Waals surface area (Å²) >= 11 is 1.41. The van der Waals surface area contributed by atoms with Crippen LogP contribution in [0.15, 0.2) is 52.9 Å². The van der Waals surface area contributed by atoms with Gasteiger partial charge in [0.1, 0.15) is 5.76 Å². The number of carbonyl (C=O) groups is 1. The van der Waals surface area contributed by atoms with Crippen molar-refractivity contribution in [3.8, 4) is 11.3 Å². The molecular formula is C23H21N3O4S. The van der Waals surface area contributed by atoms with Crippen LogP contribution in [0.3, 0.4) is 0 Å². The Balaban J connectivity index is 1.54. The van der Waals surface area contributed by atoms with Gasteiger partial charge in [0.15, 0.2) is 10.9 Å². The lowest BCUT2D eigenvalue weighted by Crippen LogP contribution is -2.10. The third kappa shape index (κ3) is 4.49. The molecule has 4 aromatic rings. The summed E-state index contributed by atoms with van der Waals surface area (Å²) in [4.78, 5) is 28.0. The number of hydrogen-bond acceptors (Lipinski definition) is 6. The Morgan fingerprint density at radius 2 is 2.03 bits per heavy atom. The number of carbonyl (C=O) groups excluding carboxylic acids is 1. The number of rotatable bonds is 7. The third-order valence-corrected chi connectivity index (χ3v) is 5.87. The molecule has 0 atom stereocenters. The van der Waals surface area contributed by atoms with Crippen molar-refractivity contribution in [1.82, 2.24) is 4.98 Å². The van der Waals surface area contributed by atoms with Gasteiger partial charge in [-0.05, 0) is 61.2 Å². The molecule has 0 unspecified atom stereocenters. The minimum Gasteiger partial charge on any atom is -0.451 e. The Labute approximate surface area is 182 Å². The van der Waals surface area contributed by atoms with Crippen molar-refractivity contribution in [2.75, 3.05) is 5.32 Å². The largest absolute Gasteiger partial charge is 0.451 e. The van der Waals surface area contributed by atoms with Crippen LogP contribution in [-0.4, -0.2) is 15.8 Å². The van der Waals surface area contributed by atoms with E-state index in [0.29, 0.717) is 10.7 Å². The minimum atomic E-state index is -0.458. The van der Waals surface area contributed by atoms with Crippen LogP contribution in [0.1, 0.15) is 41.4 Å². The SMILES string of the molecule is CCCCc1ccc2nc(NC(=O)c3ccc(-c4ccc(C)cc4[N+](=O)[O-])o3)sc2c1. The molecule has 2 aromatic carbocycles. The van der Waals surface area contributed by atoms with Gasteiger partial charge < -0.3 is 4.42 Å². The first-order valence-corrected chi connectivity index (χ1v) is 10.8. The molecule has 31 heavy (non-hydrogen) atoms. The smallest absolute Gasteiger partial charge is 0.293 e. The Bertz CT molecular complexity index is 1280. The number of unbranched alkanes of at least 4 members (excludes halogenated alkanes) is 1. The molecule has 1 amide bonds. The van der Waals surface area contributed by atoms with E-state index < -0.39 is 10.8 Å². The summed E-state index contributed by atoms with van der Waals surface area (Å²) in [5.41, 5.74) is 3.12. The summed E-state index contributed by atoms with van der Waals surface area (Å²) in [6, 6.07) is 14.1. The second kappa shape index (κ2) is 8.69. The number of anilines is 1. The molecular weight excluding hydrogens is 414 g/mol. The van der Waals surface area contributed by atoms with Gasteiger partial charge in [0.25, 0.3) is 11.6 Å². The highest BCUT2D eigenvalue weighted by atomic mass is 32.1. The van der Waals surface area contributed by atoms with Crippen LogP contribution in [0.4, 0.5) is 10.8 Å². The summed E-state index contributed by atoms with van der Waals surface area (Å²) in [5, 5.41) is 14.6. The van der Waals surface area contributed by atoms with Crippen molar-refractivity contribution in [2.45, 2.75) is 33.1 Å². The number of aromatic nitrogens is 1. The summed E-state index contributed by atoms with van der Waals surface area (Å²) in [5.74, 6) is -0.124. The number of thiazole rings is 1. The van der Waals surface area contributed by atoms with E-state index in [1.54, 1.807) is 25.1 Å². The number of aryl methyl sites for hydroxylation is 2. The fourth-order valence-corrected chi connectivity index (χ4v) is 4.25. The molecule has 0 radical (unpaired) electrons. The molecule has 0 fully saturated rings. The maximum Gasteiger partial charge on any atom is 0.293 e. The zero-order chi connectivity index (χ0) is 22.0. The first-order chi connectivity index (χ1) is 14.9. The number of nitrogens with one attached hydrogen (secondary N) is 1. The van der Waals surface area contributed by atoms with E-state index in [4.69, 9.17) is 4.42 Å².